The fourth-order valence-electron chi connectivity index (χ4n) is 2.41. The molecular formula is C18H27NO6. The van der Waals surface area contributed by atoms with Gasteiger partial charge >= 0.3 is 5.97 Å². The highest BCUT2D eigenvalue weighted by atomic mass is 16.6. The Morgan fingerprint density at radius 3 is 2.44 bits per heavy atom. The van der Waals surface area contributed by atoms with Crippen molar-refractivity contribution in [1.29, 1.82) is 0 Å². The third-order valence-electron chi connectivity index (χ3n) is 3.95. The number of carboxylic acid groups (broad SMARTS) is 1. The van der Waals surface area contributed by atoms with Crippen LogP contribution in [0, 0.1) is 0 Å². The molecule has 0 amide bonds. The molecule has 0 spiro atoms. The van der Waals surface area contributed by atoms with Crippen LogP contribution in [0.2, 0.25) is 0 Å². The molecule has 7 heteroatoms. The Balaban J connectivity index is 1.71. The SMILES string of the molecule is CCOCCOCCOCC(C)(C)c1ccc(C2OC2C(=O)O)cn1. The zero-order valence-electron chi connectivity index (χ0n) is 15.1. The number of aromatic nitrogens is 1. The van der Waals surface area contributed by atoms with E-state index in [1.54, 1.807) is 6.20 Å². The fourth-order valence-corrected chi connectivity index (χ4v) is 2.41. The molecule has 0 saturated carbocycles. The van der Waals surface area contributed by atoms with Gasteiger partial charge in [0.15, 0.2) is 6.10 Å². The lowest BCUT2D eigenvalue weighted by molar-refractivity contribution is -0.138. The second-order valence-electron chi connectivity index (χ2n) is 6.54. The summed E-state index contributed by atoms with van der Waals surface area (Å²) < 4.78 is 21.4. The largest absolute Gasteiger partial charge is 0.479 e. The molecule has 25 heavy (non-hydrogen) atoms. The summed E-state index contributed by atoms with van der Waals surface area (Å²) in [6.45, 7) is 9.51. The molecular weight excluding hydrogens is 326 g/mol. The maximum atomic E-state index is 10.8. The molecule has 1 N–H and O–H groups in total. The summed E-state index contributed by atoms with van der Waals surface area (Å²) in [5, 5.41) is 8.89. The zero-order valence-corrected chi connectivity index (χ0v) is 15.1. The van der Waals surface area contributed by atoms with Gasteiger partial charge in [0.25, 0.3) is 0 Å². The standard InChI is InChI=1S/C18H27NO6/c1-4-22-7-8-23-9-10-24-12-18(2,3)14-6-5-13(11-19-14)15-16(25-15)17(20)21/h5-6,11,15-16H,4,7-10,12H2,1-3H3,(H,20,21). The Hall–Kier alpha value is -1.54. The van der Waals surface area contributed by atoms with Gasteiger partial charge in [-0.3, -0.25) is 4.98 Å². The number of pyridine rings is 1. The number of epoxide rings is 1. The molecule has 1 aliphatic heterocycles. The van der Waals surface area contributed by atoms with Gasteiger partial charge in [0.05, 0.1) is 33.0 Å². The molecule has 2 rings (SSSR count). The molecule has 0 aliphatic carbocycles. The zero-order chi connectivity index (χ0) is 18.3. The molecule has 140 valence electrons. The van der Waals surface area contributed by atoms with Gasteiger partial charge in [-0.2, -0.15) is 0 Å². The van der Waals surface area contributed by atoms with E-state index in [1.165, 1.54) is 0 Å². The number of carbonyl (C=O) groups is 1. The molecule has 0 radical (unpaired) electrons. The number of hydrogen-bond donors (Lipinski definition) is 1. The van der Waals surface area contributed by atoms with Gasteiger partial charge in [-0.05, 0) is 13.0 Å². The first-order chi connectivity index (χ1) is 12.0. The van der Waals surface area contributed by atoms with Crippen LogP contribution in [0.1, 0.15) is 38.1 Å². The number of hydrogen-bond acceptors (Lipinski definition) is 6. The van der Waals surface area contributed by atoms with E-state index < -0.39 is 12.1 Å². The second kappa shape index (κ2) is 9.24. The first-order valence-electron chi connectivity index (χ1n) is 8.53. The number of nitrogens with zero attached hydrogens (tertiary/aromatic N) is 1. The lowest BCUT2D eigenvalue weighted by Crippen LogP contribution is -2.26. The summed E-state index contributed by atoms with van der Waals surface area (Å²) in [6.07, 6.45) is 0.556. The number of carboxylic acids is 1. The summed E-state index contributed by atoms with van der Waals surface area (Å²) >= 11 is 0. The monoisotopic (exact) mass is 353 g/mol. The van der Waals surface area contributed by atoms with Gasteiger partial charge in [0.2, 0.25) is 0 Å². The van der Waals surface area contributed by atoms with E-state index in [1.807, 2.05) is 19.1 Å². The van der Waals surface area contributed by atoms with Crippen LogP contribution in [-0.2, 0) is 29.2 Å². The van der Waals surface area contributed by atoms with E-state index in [4.69, 9.17) is 24.1 Å². The molecule has 2 unspecified atom stereocenters. The highest BCUT2D eigenvalue weighted by molar-refractivity contribution is 5.76. The molecule has 1 saturated heterocycles. The van der Waals surface area contributed by atoms with Gasteiger partial charge in [-0.25, -0.2) is 4.79 Å². The lowest BCUT2D eigenvalue weighted by atomic mass is 9.89. The lowest BCUT2D eigenvalue weighted by Gasteiger charge is -2.24. The molecule has 7 nitrogen and oxygen atoms in total. The average molecular weight is 353 g/mol. The fraction of sp³-hybridized carbons (Fsp3) is 0.667. The minimum atomic E-state index is -0.939. The van der Waals surface area contributed by atoms with Crippen LogP contribution >= 0.6 is 0 Å². The molecule has 2 heterocycles. The van der Waals surface area contributed by atoms with Gasteiger partial charge in [0, 0.05) is 29.5 Å². The Bertz CT molecular complexity index is 545. The maximum Gasteiger partial charge on any atom is 0.335 e. The van der Waals surface area contributed by atoms with E-state index in [2.05, 4.69) is 18.8 Å². The predicted molar refractivity (Wildman–Crippen MR) is 90.6 cm³/mol. The van der Waals surface area contributed by atoms with Gasteiger partial charge in [-0.1, -0.05) is 19.9 Å². The first-order valence-corrected chi connectivity index (χ1v) is 8.53. The third-order valence-corrected chi connectivity index (χ3v) is 3.95. The molecule has 1 fully saturated rings. The number of aliphatic carboxylic acids is 1. The van der Waals surface area contributed by atoms with Crippen LogP contribution in [0.15, 0.2) is 18.3 Å². The summed E-state index contributed by atoms with van der Waals surface area (Å²) in [6, 6.07) is 3.77. The normalized spacial score (nSPS) is 19.8. The van der Waals surface area contributed by atoms with Crippen molar-refractivity contribution in [2.24, 2.45) is 0 Å². The first kappa shape index (κ1) is 19.8. The van der Waals surface area contributed by atoms with Crippen molar-refractivity contribution in [3.63, 3.8) is 0 Å². The minimum absolute atomic E-state index is 0.250. The van der Waals surface area contributed by atoms with Crippen LogP contribution in [0.3, 0.4) is 0 Å². The van der Waals surface area contributed by atoms with E-state index in [0.29, 0.717) is 39.6 Å². The highest BCUT2D eigenvalue weighted by Crippen LogP contribution is 2.38. The van der Waals surface area contributed by atoms with Crippen molar-refractivity contribution in [3.8, 4) is 0 Å². The quantitative estimate of drug-likeness (QED) is 0.454. The maximum absolute atomic E-state index is 10.8. The minimum Gasteiger partial charge on any atom is -0.479 e. The molecule has 0 bridgehead atoms. The summed E-state index contributed by atoms with van der Waals surface area (Å²) in [4.78, 5) is 15.3. The molecule has 1 aliphatic rings. The van der Waals surface area contributed by atoms with Crippen molar-refractivity contribution < 1.29 is 28.8 Å². The van der Waals surface area contributed by atoms with Gasteiger partial charge < -0.3 is 24.1 Å². The Morgan fingerprint density at radius 1 is 1.20 bits per heavy atom. The predicted octanol–water partition coefficient (Wildman–Crippen LogP) is 1.95. The topological polar surface area (TPSA) is 90.4 Å². The highest BCUT2D eigenvalue weighted by Gasteiger charge is 2.46. The average Bonchev–Trinajstić information content (AvgIpc) is 3.38. The Labute approximate surface area is 148 Å². The van der Waals surface area contributed by atoms with Gasteiger partial charge in [0.1, 0.15) is 6.10 Å². The van der Waals surface area contributed by atoms with Crippen LogP contribution in [0.4, 0.5) is 0 Å². The van der Waals surface area contributed by atoms with Crippen LogP contribution in [0.25, 0.3) is 0 Å². The summed E-state index contributed by atoms with van der Waals surface area (Å²) in [7, 11) is 0. The van der Waals surface area contributed by atoms with Crippen LogP contribution in [-0.4, -0.2) is 61.8 Å². The van der Waals surface area contributed by atoms with Crippen LogP contribution in [0.5, 0.6) is 0 Å². The molecule has 2 atom stereocenters. The number of rotatable bonds is 12. The number of ether oxygens (including phenoxy) is 4. The molecule has 0 aromatic carbocycles. The van der Waals surface area contributed by atoms with Crippen molar-refractivity contribution in [2.75, 3.05) is 39.6 Å². The van der Waals surface area contributed by atoms with Crippen molar-refractivity contribution in [1.82, 2.24) is 4.98 Å². The molecule has 1 aromatic rings. The van der Waals surface area contributed by atoms with E-state index in [-0.39, 0.29) is 11.5 Å². The molecule has 1 aromatic heterocycles. The Morgan fingerprint density at radius 2 is 1.88 bits per heavy atom. The van der Waals surface area contributed by atoms with Crippen molar-refractivity contribution >= 4 is 5.97 Å². The van der Waals surface area contributed by atoms with Gasteiger partial charge in [-0.15, -0.1) is 0 Å². The third kappa shape index (κ3) is 6.04. The van der Waals surface area contributed by atoms with E-state index >= 15 is 0 Å². The Kier molecular flexibility index (Phi) is 7.31. The second-order valence-corrected chi connectivity index (χ2v) is 6.54. The summed E-state index contributed by atoms with van der Waals surface area (Å²) in [5.41, 5.74) is 1.43. The van der Waals surface area contributed by atoms with Crippen molar-refractivity contribution in [3.05, 3.63) is 29.6 Å². The van der Waals surface area contributed by atoms with Crippen molar-refractivity contribution in [2.45, 2.75) is 38.4 Å². The smallest absolute Gasteiger partial charge is 0.335 e. The van der Waals surface area contributed by atoms with Crippen LogP contribution < -0.4 is 0 Å². The van der Waals surface area contributed by atoms with E-state index in [0.717, 1.165) is 11.3 Å². The van der Waals surface area contributed by atoms with E-state index in [9.17, 15) is 4.79 Å². The summed E-state index contributed by atoms with van der Waals surface area (Å²) in [5.74, 6) is -0.939.